The maximum atomic E-state index is 13.1. The van der Waals surface area contributed by atoms with Crippen LogP contribution in [0.5, 0.6) is 0 Å². The number of nitrogens with zero attached hydrogens (tertiary/aromatic N) is 1. The van der Waals surface area contributed by atoms with Crippen molar-refractivity contribution >= 4 is 50.5 Å². The Bertz CT molecular complexity index is 875. The van der Waals surface area contributed by atoms with E-state index in [1.807, 2.05) is 0 Å². The average Bonchev–Trinajstić information content (AvgIpc) is 2.44. The zero-order chi connectivity index (χ0) is 17.9. The van der Waals surface area contributed by atoms with Gasteiger partial charge in [-0.1, -0.05) is 29.3 Å². The van der Waals surface area contributed by atoms with Crippen molar-refractivity contribution in [2.45, 2.75) is 0 Å². The molecule has 9 heteroatoms. The van der Waals surface area contributed by atoms with Gasteiger partial charge in [0.1, 0.15) is 12.4 Å². The third-order valence-electron chi connectivity index (χ3n) is 2.97. The first-order valence-corrected chi connectivity index (χ1v) is 9.25. The van der Waals surface area contributed by atoms with Crippen molar-refractivity contribution < 1.29 is 17.6 Å². The third kappa shape index (κ3) is 4.83. The zero-order valence-electron chi connectivity index (χ0n) is 12.5. The smallest absolute Gasteiger partial charge is 0.245 e. The van der Waals surface area contributed by atoms with Crippen LogP contribution in [0.15, 0.2) is 42.5 Å². The van der Waals surface area contributed by atoms with Gasteiger partial charge in [-0.3, -0.25) is 9.10 Å². The third-order valence-corrected chi connectivity index (χ3v) is 4.64. The lowest BCUT2D eigenvalue weighted by molar-refractivity contribution is -0.114. The second-order valence-electron chi connectivity index (χ2n) is 4.92. The molecule has 0 aromatic heterocycles. The van der Waals surface area contributed by atoms with Crippen LogP contribution in [-0.2, 0) is 14.8 Å². The molecule has 0 aliphatic carbocycles. The Hall–Kier alpha value is -1.83. The molecule has 0 saturated carbocycles. The molecule has 0 aliphatic heterocycles. The lowest BCUT2D eigenvalue weighted by Crippen LogP contribution is -2.37. The minimum absolute atomic E-state index is 0.0893. The molecule has 0 heterocycles. The second kappa shape index (κ2) is 7.38. The van der Waals surface area contributed by atoms with Gasteiger partial charge in [-0.2, -0.15) is 0 Å². The SMILES string of the molecule is CS(=O)(=O)N(CC(=O)Nc1cccc(F)c1)c1ccc(Cl)cc1Cl. The lowest BCUT2D eigenvalue weighted by atomic mass is 10.3. The summed E-state index contributed by atoms with van der Waals surface area (Å²) in [5.74, 6) is -1.16. The monoisotopic (exact) mass is 390 g/mol. The molecule has 24 heavy (non-hydrogen) atoms. The topological polar surface area (TPSA) is 66.5 Å². The molecule has 128 valence electrons. The van der Waals surface area contributed by atoms with Crippen molar-refractivity contribution in [1.29, 1.82) is 0 Å². The van der Waals surface area contributed by atoms with E-state index >= 15 is 0 Å². The van der Waals surface area contributed by atoms with Crippen LogP contribution < -0.4 is 9.62 Å². The normalized spacial score (nSPS) is 11.2. The maximum absolute atomic E-state index is 13.1. The summed E-state index contributed by atoms with van der Waals surface area (Å²) in [7, 11) is -3.78. The van der Waals surface area contributed by atoms with Gasteiger partial charge in [0.05, 0.1) is 17.0 Å². The number of nitrogens with one attached hydrogen (secondary N) is 1. The highest BCUT2D eigenvalue weighted by Gasteiger charge is 2.23. The van der Waals surface area contributed by atoms with Crippen molar-refractivity contribution in [3.05, 3.63) is 58.3 Å². The molecule has 0 fully saturated rings. The highest BCUT2D eigenvalue weighted by molar-refractivity contribution is 7.92. The highest BCUT2D eigenvalue weighted by Crippen LogP contribution is 2.30. The van der Waals surface area contributed by atoms with Crippen LogP contribution in [0.2, 0.25) is 10.0 Å². The molecule has 0 bridgehead atoms. The first-order valence-electron chi connectivity index (χ1n) is 6.65. The number of anilines is 2. The largest absolute Gasteiger partial charge is 0.324 e. The van der Waals surface area contributed by atoms with Crippen LogP contribution in [-0.4, -0.2) is 27.1 Å². The minimum Gasteiger partial charge on any atom is -0.324 e. The Kier molecular flexibility index (Phi) is 5.69. The fourth-order valence-corrected chi connectivity index (χ4v) is 3.39. The summed E-state index contributed by atoms with van der Waals surface area (Å²) in [6, 6.07) is 9.51. The summed E-state index contributed by atoms with van der Waals surface area (Å²) in [5, 5.41) is 2.86. The maximum Gasteiger partial charge on any atom is 0.245 e. The number of hydrogen-bond acceptors (Lipinski definition) is 3. The van der Waals surface area contributed by atoms with Crippen molar-refractivity contribution in [2.24, 2.45) is 0 Å². The van der Waals surface area contributed by atoms with Crippen molar-refractivity contribution in [1.82, 2.24) is 0 Å². The van der Waals surface area contributed by atoms with Crippen LogP contribution in [0.1, 0.15) is 0 Å². The molecule has 0 unspecified atom stereocenters. The van der Waals surface area contributed by atoms with E-state index in [0.717, 1.165) is 16.6 Å². The molecule has 1 N–H and O–H groups in total. The van der Waals surface area contributed by atoms with E-state index in [0.29, 0.717) is 5.02 Å². The minimum atomic E-state index is -3.78. The van der Waals surface area contributed by atoms with Gasteiger partial charge in [0.15, 0.2) is 0 Å². The summed E-state index contributed by atoms with van der Waals surface area (Å²) in [6.45, 7) is -0.517. The summed E-state index contributed by atoms with van der Waals surface area (Å²) in [6.07, 6.45) is 0.952. The van der Waals surface area contributed by atoms with Crippen LogP contribution in [0.3, 0.4) is 0 Å². The number of carbonyl (C=O) groups excluding carboxylic acids is 1. The van der Waals surface area contributed by atoms with Gasteiger partial charge in [0.25, 0.3) is 0 Å². The number of amides is 1. The molecule has 0 spiro atoms. The molecule has 1 amide bonds. The second-order valence-corrected chi connectivity index (χ2v) is 7.67. The Morgan fingerprint density at radius 2 is 1.92 bits per heavy atom. The van der Waals surface area contributed by atoms with Crippen molar-refractivity contribution in [3.63, 3.8) is 0 Å². The van der Waals surface area contributed by atoms with E-state index in [9.17, 15) is 17.6 Å². The van der Waals surface area contributed by atoms with Crippen molar-refractivity contribution in [2.75, 3.05) is 22.4 Å². The summed E-state index contributed by atoms with van der Waals surface area (Å²) in [5.41, 5.74) is 0.341. The van der Waals surface area contributed by atoms with Crippen molar-refractivity contribution in [3.8, 4) is 0 Å². The van der Waals surface area contributed by atoms with E-state index < -0.39 is 28.3 Å². The van der Waals surface area contributed by atoms with Gasteiger partial charge in [-0.15, -0.1) is 0 Å². The van der Waals surface area contributed by atoms with Crippen LogP contribution in [0, 0.1) is 5.82 Å². The Balaban J connectivity index is 2.25. The first-order chi connectivity index (χ1) is 11.2. The molecule has 0 atom stereocenters. The molecule has 2 rings (SSSR count). The molecule has 2 aromatic rings. The summed E-state index contributed by atoms with van der Waals surface area (Å²) >= 11 is 11.8. The number of benzene rings is 2. The van der Waals surface area contributed by atoms with Gasteiger partial charge in [0, 0.05) is 10.7 Å². The summed E-state index contributed by atoms with van der Waals surface area (Å²) < 4.78 is 38.0. The predicted molar refractivity (Wildman–Crippen MR) is 93.7 cm³/mol. The van der Waals surface area contributed by atoms with E-state index in [2.05, 4.69) is 5.32 Å². The zero-order valence-corrected chi connectivity index (χ0v) is 14.8. The van der Waals surface area contributed by atoms with Crippen LogP contribution in [0.25, 0.3) is 0 Å². The lowest BCUT2D eigenvalue weighted by Gasteiger charge is -2.23. The highest BCUT2D eigenvalue weighted by atomic mass is 35.5. The molecule has 0 radical (unpaired) electrons. The molecular weight excluding hydrogens is 378 g/mol. The number of rotatable bonds is 5. The van der Waals surface area contributed by atoms with Gasteiger partial charge in [-0.05, 0) is 36.4 Å². The average molecular weight is 391 g/mol. The number of carbonyl (C=O) groups is 1. The summed E-state index contributed by atoms with van der Waals surface area (Å²) in [4.78, 5) is 12.1. The fourth-order valence-electron chi connectivity index (χ4n) is 1.96. The number of sulfonamides is 1. The fraction of sp³-hybridized carbons (Fsp3) is 0.133. The Morgan fingerprint density at radius 1 is 1.21 bits per heavy atom. The Morgan fingerprint density at radius 3 is 2.50 bits per heavy atom. The molecular formula is C15H13Cl2FN2O3S. The van der Waals surface area contributed by atoms with E-state index in [1.54, 1.807) is 0 Å². The predicted octanol–water partition coefficient (Wildman–Crippen LogP) is 3.54. The Labute approximate surface area is 149 Å². The van der Waals surface area contributed by atoms with Gasteiger partial charge >= 0.3 is 0 Å². The van der Waals surface area contributed by atoms with Gasteiger partial charge < -0.3 is 5.32 Å². The molecule has 0 saturated heterocycles. The quantitative estimate of drug-likeness (QED) is 0.848. The van der Waals surface area contributed by atoms with Gasteiger partial charge in [0.2, 0.25) is 15.9 Å². The number of hydrogen-bond donors (Lipinski definition) is 1. The van der Waals surface area contributed by atoms with E-state index in [4.69, 9.17) is 23.2 Å². The van der Waals surface area contributed by atoms with Crippen LogP contribution in [0.4, 0.5) is 15.8 Å². The first kappa shape index (κ1) is 18.5. The van der Waals surface area contributed by atoms with E-state index in [1.165, 1.54) is 36.4 Å². The molecule has 0 aliphatic rings. The van der Waals surface area contributed by atoms with E-state index in [-0.39, 0.29) is 16.4 Å². The standard InChI is InChI=1S/C15H13Cl2FN2O3S/c1-24(22,23)20(14-6-5-10(16)7-13(14)17)9-15(21)19-12-4-2-3-11(18)8-12/h2-8H,9H2,1H3,(H,19,21). The molecule has 5 nitrogen and oxygen atoms in total. The van der Waals surface area contributed by atoms with Gasteiger partial charge in [-0.25, -0.2) is 12.8 Å². The number of halogens is 3. The molecule has 2 aromatic carbocycles. The van der Waals surface area contributed by atoms with Crippen LogP contribution >= 0.6 is 23.2 Å².